The van der Waals surface area contributed by atoms with E-state index in [-0.39, 0.29) is 5.91 Å². The van der Waals surface area contributed by atoms with Crippen LogP contribution in [0.1, 0.15) is 21.7 Å². The molecule has 136 valence electrons. The molecule has 0 fully saturated rings. The zero-order chi connectivity index (χ0) is 19.0. The van der Waals surface area contributed by atoms with Gasteiger partial charge in [-0.15, -0.1) is 0 Å². The number of rotatable bonds is 4. The van der Waals surface area contributed by atoms with E-state index in [0.29, 0.717) is 22.9 Å². The Morgan fingerprint density at radius 3 is 2.81 bits per heavy atom. The lowest BCUT2D eigenvalue weighted by Crippen LogP contribution is -2.13. The largest absolute Gasteiger partial charge is 0.481 e. The molecule has 4 aromatic heterocycles. The van der Waals surface area contributed by atoms with Gasteiger partial charge in [-0.05, 0) is 38.1 Å². The number of aromatic nitrogens is 5. The number of aromatic amines is 2. The summed E-state index contributed by atoms with van der Waals surface area (Å²) < 4.78 is 5.32. The molecule has 0 saturated heterocycles. The molecule has 0 aliphatic carbocycles. The van der Waals surface area contributed by atoms with Crippen LogP contribution in [-0.4, -0.2) is 38.2 Å². The van der Waals surface area contributed by atoms with Crippen LogP contribution in [0, 0.1) is 13.8 Å². The first-order valence-electron chi connectivity index (χ1n) is 8.38. The third-order valence-corrected chi connectivity index (χ3v) is 4.45. The molecular weight excluding hydrogens is 344 g/mol. The van der Waals surface area contributed by atoms with Crippen LogP contribution in [0.3, 0.4) is 0 Å². The van der Waals surface area contributed by atoms with E-state index in [0.717, 1.165) is 27.9 Å². The number of methoxy groups -OCH3 is 1. The van der Waals surface area contributed by atoms with Crippen molar-refractivity contribution in [2.24, 2.45) is 0 Å². The molecule has 0 radical (unpaired) electrons. The maximum atomic E-state index is 12.4. The molecule has 8 heteroatoms. The van der Waals surface area contributed by atoms with Crippen molar-refractivity contribution in [2.75, 3.05) is 12.4 Å². The standard InChI is InChI=1S/C19H18N6O2/c1-10-11(2)24-25-16(10)18(26)22-13-7-12-8-15(23-17(12)21-9-13)14-5-4-6-20-19(14)27-3/h4-9H,1-3H3,(H,21,23)(H,22,26)(H,24,25). The van der Waals surface area contributed by atoms with Gasteiger partial charge in [0.1, 0.15) is 5.65 Å². The molecule has 0 aromatic carbocycles. The van der Waals surface area contributed by atoms with Gasteiger partial charge in [0.2, 0.25) is 5.88 Å². The zero-order valence-electron chi connectivity index (χ0n) is 15.1. The number of anilines is 1. The summed E-state index contributed by atoms with van der Waals surface area (Å²) >= 11 is 0. The average Bonchev–Trinajstić information content (AvgIpc) is 3.25. The lowest BCUT2D eigenvalue weighted by atomic mass is 10.2. The van der Waals surface area contributed by atoms with Crippen LogP contribution in [0.2, 0.25) is 0 Å². The molecule has 27 heavy (non-hydrogen) atoms. The minimum Gasteiger partial charge on any atom is -0.481 e. The summed E-state index contributed by atoms with van der Waals surface area (Å²) in [7, 11) is 1.58. The summed E-state index contributed by atoms with van der Waals surface area (Å²) in [5, 5.41) is 10.6. The highest BCUT2D eigenvalue weighted by atomic mass is 16.5. The molecule has 0 atom stereocenters. The van der Waals surface area contributed by atoms with Crippen LogP contribution in [-0.2, 0) is 0 Å². The number of ether oxygens (including phenoxy) is 1. The molecule has 0 saturated carbocycles. The predicted octanol–water partition coefficient (Wildman–Crippen LogP) is 3.23. The van der Waals surface area contributed by atoms with Gasteiger partial charge in [0.15, 0.2) is 5.69 Å². The molecule has 0 spiro atoms. The average molecular weight is 362 g/mol. The quantitative estimate of drug-likeness (QED) is 0.516. The van der Waals surface area contributed by atoms with Crippen molar-refractivity contribution >= 4 is 22.6 Å². The molecule has 3 N–H and O–H groups in total. The normalized spacial score (nSPS) is 10.9. The SMILES string of the molecule is COc1ncccc1-c1cc2cc(NC(=O)c3n[nH]c(C)c3C)cnc2[nH]1. The smallest absolute Gasteiger partial charge is 0.276 e. The van der Waals surface area contributed by atoms with Gasteiger partial charge in [-0.25, -0.2) is 9.97 Å². The number of amides is 1. The maximum absolute atomic E-state index is 12.4. The van der Waals surface area contributed by atoms with E-state index in [4.69, 9.17) is 4.74 Å². The number of carbonyl (C=O) groups excluding carboxylic acids is 1. The van der Waals surface area contributed by atoms with Gasteiger partial charge >= 0.3 is 0 Å². The van der Waals surface area contributed by atoms with Crippen LogP contribution in [0.15, 0.2) is 36.7 Å². The summed E-state index contributed by atoms with van der Waals surface area (Å²) in [6, 6.07) is 7.57. The second-order valence-corrected chi connectivity index (χ2v) is 6.18. The van der Waals surface area contributed by atoms with Crippen molar-refractivity contribution in [3.8, 4) is 17.1 Å². The number of pyridine rings is 2. The molecule has 0 aliphatic heterocycles. The van der Waals surface area contributed by atoms with Gasteiger partial charge in [0, 0.05) is 22.8 Å². The van der Waals surface area contributed by atoms with E-state index in [1.165, 1.54) is 0 Å². The van der Waals surface area contributed by atoms with Crippen LogP contribution in [0.5, 0.6) is 5.88 Å². The number of carbonyl (C=O) groups is 1. The molecule has 4 heterocycles. The number of hydrogen-bond donors (Lipinski definition) is 3. The van der Waals surface area contributed by atoms with Gasteiger partial charge in [-0.1, -0.05) is 0 Å². The van der Waals surface area contributed by atoms with Gasteiger partial charge in [-0.2, -0.15) is 5.10 Å². The second-order valence-electron chi connectivity index (χ2n) is 6.18. The Morgan fingerprint density at radius 1 is 1.22 bits per heavy atom. The van der Waals surface area contributed by atoms with E-state index in [9.17, 15) is 4.79 Å². The molecule has 8 nitrogen and oxygen atoms in total. The van der Waals surface area contributed by atoms with E-state index in [1.807, 2.05) is 38.1 Å². The highest BCUT2D eigenvalue weighted by Crippen LogP contribution is 2.30. The lowest BCUT2D eigenvalue weighted by molar-refractivity contribution is 0.102. The Bertz CT molecular complexity index is 1140. The van der Waals surface area contributed by atoms with Crippen molar-refractivity contribution in [1.82, 2.24) is 25.1 Å². The fourth-order valence-corrected chi connectivity index (χ4v) is 2.88. The Morgan fingerprint density at radius 2 is 2.07 bits per heavy atom. The predicted molar refractivity (Wildman–Crippen MR) is 102 cm³/mol. The molecule has 4 aromatic rings. The summed E-state index contributed by atoms with van der Waals surface area (Å²) in [5.41, 5.74) is 5.05. The number of H-pyrrole nitrogens is 2. The van der Waals surface area contributed by atoms with Crippen molar-refractivity contribution in [3.63, 3.8) is 0 Å². The first kappa shape index (κ1) is 16.8. The van der Waals surface area contributed by atoms with E-state index < -0.39 is 0 Å². The highest BCUT2D eigenvalue weighted by Gasteiger charge is 2.15. The third-order valence-electron chi connectivity index (χ3n) is 4.45. The molecule has 0 bridgehead atoms. The summed E-state index contributed by atoms with van der Waals surface area (Å²) in [4.78, 5) is 24.3. The summed E-state index contributed by atoms with van der Waals surface area (Å²) in [6.07, 6.45) is 3.28. The van der Waals surface area contributed by atoms with Crippen LogP contribution in [0.4, 0.5) is 5.69 Å². The molecule has 1 amide bonds. The fourth-order valence-electron chi connectivity index (χ4n) is 2.88. The van der Waals surface area contributed by atoms with E-state index >= 15 is 0 Å². The minimum atomic E-state index is -0.275. The van der Waals surface area contributed by atoms with Crippen molar-refractivity contribution in [1.29, 1.82) is 0 Å². The van der Waals surface area contributed by atoms with Gasteiger partial charge in [-0.3, -0.25) is 9.89 Å². The first-order chi connectivity index (χ1) is 13.1. The molecule has 0 unspecified atom stereocenters. The molecule has 0 aliphatic rings. The maximum Gasteiger partial charge on any atom is 0.276 e. The van der Waals surface area contributed by atoms with Crippen LogP contribution in [0.25, 0.3) is 22.3 Å². The number of fused-ring (bicyclic) bond motifs is 1. The highest BCUT2D eigenvalue weighted by molar-refractivity contribution is 6.04. The van der Waals surface area contributed by atoms with E-state index in [2.05, 4.69) is 30.5 Å². The monoisotopic (exact) mass is 362 g/mol. The van der Waals surface area contributed by atoms with Crippen molar-refractivity contribution in [3.05, 3.63) is 53.6 Å². The first-order valence-corrected chi connectivity index (χ1v) is 8.38. The van der Waals surface area contributed by atoms with Gasteiger partial charge in [0.25, 0.3) is 5.91 Å². The van der Waals surface area contributed by atoms with Crippen molar-refractivity contribution < 1.29 is 9.53 Å². The summed E-state index contributed by atoms with van der Waals surface area (Å²) in [6.45, 7) is 3.73. The number of hydrogen-bond acceptors (Lipinski definition) is 5. The third kappa shape index (κ3) is 3.01. The second kappa shape index (κ2) is 6.56. The molecular formula is C19H18N6O2. The zero-order valence-corrected chi connectivity index (χ0v) is 15.1. The van der Waals surface area contributed by atoms with Gasteiger partial charge in [0.05, 0.1) is 30.3 Å². The number of nitrogens with zero attached hydrogens (tertiary/aromatic N) is 3. The molecule has 4 rings (SSSR count). The van der Waals surface area contributed by atoms with Crippen LogP contribution < -0.4 is 10.1 Å². The Kier molecular flexibility index (Phi) is 4.08. The minimum absolute atomic E-state index is 0.275. The Labute approximate surface area is 155 Å². The topological polar surface area (TPSA) is 109 Å². The number of aryl methyl sites for hydroxylation is 1. The Balaban J connectivity index is 1.65. The number of nitrogens with one attached hydrogen (secondary N) is 3. The van der Waals surface area contributed by atoms with Crippen LogP contribution >= 0.6 is 0 Å². The van der Waals surface area contributed by atoms with E-state index in [1.54, 1.807) is 19.5 Å². The lowest BCUT2D eigenvalue weighted by Gasteiger charge is -2.03. The van der Waals surface area contributed by atoms with Crippen molar-refractivity contribution in [2.45, 2.75) is 13.8 Å². The Hall–Kier alpha value is -3.68. The van der Waals surface area contributed by atoms with Gasteiger partial charge < -0.3 is 15.0 Å². The summed E-state index contributed by atoms with van der Waals surface area (Å²) in [5.74, 6) is 0.254. The fraction of sp³-hybridized carbons (Fsp3) is 0.158.